The number of imidazole rings is 1. The molecule has 0 atom stereocenters. The van der Waals surface area contributed by atoms with Crippen molar-refractivity contribution in [3.05, 3.63) is 47.5 Å². The highest BCUT2D eigenvalue weighted by atomic mass is 32.2. The van der Waals surface area contributed by atoms with Crippen molar-refractivity contribution < 1.29 is 8.42 Å². The average Bonchev–Trinajstić information content (AvgIpc) is 3.06. The van der Waals surface area contributed by atoms with E-state index < -0.39 is 10.0 Å². The summed E-state index contributed by atoms with van der Waals surface area (Å²) in [7, 11) is -3.47. The Kier molecular flexibility index (Phi) is 3.12. The third-order valence-electron chi connectivity index (χ3n) is 3.36. The Labute approximate surface area is 112 Å². The number of aromatic nitrogens is 2. The smallest absolute Gasteiger partial charge is 0.240 e. The number of aryl methyl sites for hydroxylation is 2. The summed E-state index contributed by atoms with van der Waals surface area (Å²) in [6, 6.07) is 5.38. The molecule has 0 saturated heterocycles. The number of aromatic amines is 1. The lowest BCUT2D eigenvalue weighted by molar-refractivity contribution is 0.579. The minimum atomic E-state index is -3.47. The van der Waals surface area contributed by atoms with Crippen LogP contribution in [0.5, 0.6) is 0 Å². The Balaban J connectivity index is 1.80. The molecule has 1 aliphatic carbocycles. The van der Waals surface area contributed by atoms with Crippen molar-refractivity contribution in [2.24, 2.45) is 0 Å². The van der Waals surface area contributed by atoms with Crippen LogP contribution in [-0.4, -0.2) is 18.4 Å². The zero-order chi connectivity index (χ0) is 13.3. The van der Waals surface area contributed by atoms with E-state index in [1.54, 1.807) is 24.5 Å². The van der Waals surface area contributed by atoms with Crippen molar-refractivity contribution >= 4 is 10.0 Å². The quantitative estimate of drug-likeness (QED) is 0.886. The lowest BCUT2D eigenvalue weighted by Crippen LogP contribution is -2.24. The molecular formula is C13H15N3O2S. The standard InChI is InChI=1S/C13H15N3O2S/c17-19(18,16-9-13-14-6-7-15-13)12-5-4-10-2-1-3-11(10)8-12/h4-8,16H,1-3,9H2,(H,14,15). The largest absolute Gasteiger partial charge is 0.347 e. The molecule has 0 bridgehead atoms. The predicted octanol–water partition coefficient (Wildman–Crippen LogP) is 1.38. The molecule has 0 unspecified atom stereocenters. The van der Waals surface area contributed by atoms with Gasteiger partial charge in [0, 0.05) is 12.4 Å². The van der Waals surface area contributed by atoms with Gasteiger partial charge in [-0.25, -0.2) is 18.1 Å². The lowest BCUT2D eigenvalue weighted by atomic mass is 10.1. The SMILES string of the molecule is O=S(=O)(NCc1ncc[nH]1)c1ccc2c(c1)CCC2. The van der Waals surface area contributed by atoms with Gasteiger partial charge in [0.15, 0.2) is 0 Å². The number of hydrogen-bond donors (Lipinski definition) is 2. The van der Waals surface area contributed by atoms with Gasteiger partial charge in [-0.05, 0) is 42.5 Å². The first-order chi connectivity index (χ1) is 9.15. The highest BCUT2D eigenvalue weighted by molar-refractivity contribution is 7.89. The van der Waals surface area contributed by atoms with Crippen LogP contribution in [0.15, 0.2) is 35.5 Å². The molecule has 6 heteroatoms. The topological polar surface area (TPSA) is 74.8 Å². The lowest BCUT2D eigenvalue weighted by Gasteiger charge is -2.07. The fourth-order valence-electron chi connectivity index (χ4n) is 2.36. The second-order valence-electron chi connectivity index (χ2n) is 4.64. The van der Waals surface area contributed by atoms with Crippen LogP contribution < -0.4 is 4.72 Å². The molecule has 0 saturated carbocycles. The van der Waals surface area contributed by atoms with Crippen molar-refractivity contribution in [1.29, 1.82) is 0 Å². The number of fused-ring (bicyclic) bond motifs is 1. The molecule has 0 spiro atoms. The minimum absolute atomic E-state index is 0.173. The summed E-state index contributed by atoms with van der Waals surface area (Å²) in [5.41, 5.74) is 2.42. The molecule has 1 aromatic heterocycles. The molecule has 100 valence electrons. The van der Waals surface area contributed by atoms with E-state index in [1.165, 1.54) is 5.56 Å². The molecule has 2 N–H and O–H groups in total. The molecule has 2 aromatic rings. The Morgan fingerprint density at radius 3 is 2.89 bits per heavy atom. The first-order valence-electron chi connectivity index (χ1n) is 6.25. The van der Waals surface area contributed by atoms with E-state index in [4.69, 9.17) is 0 Å². The van der Waals surface area contributed by atoms with Gasteiger partial charge in [-0.2, -0.15) is 0 Å². The Morgan fingerprint density at radius 1 is 1.26 bits per heavy atom. The van der Waals surface area contributed by atoms with Gasteiger partial charge in [0.05, 0.1) is 11.4 Å². The summed E-state index contributed by atoms with van der Waals surface area (Å²) in [4.78, 5) is 7.19. The van der Waals surface area contributed by atoms with Crippen LogP contribution in [0.25, 0.3) is 0 Å². The number of nitrogens with one attached hydrogen (secondary N) is 2. The van der Waals surface area contributed by atoms with Crippen LogP contribution in [0.2, 0.25) is 0 Å². The van der Waals surface area contributed by atoms with Crippen molar-refractivity contribution in [1.82, 2.24) is 14.7 Å². The van der Waals surface area contributed by atoms with E-state index in [2.05, 4.69) is 14.7 Å². The molecule has 0 amide bonds. The van der Waals surface area contributed by atoms with Crippen LogP contribution in [-0.2, 0) is 29.4 Å². The van der Waals surface area contributed by atoms with E-state index in [0.717, 1.165) is 24.8 Å². The van der Waals surface area contributed by atoms with Crippen LogP contribution >= 0.6 is 0 Å². The van der Waals surface area contributed by atoms with E-state index in [0.29, 0.717) is 10.7 Å². The maximum Gasteiger partial charge on any atom is 0.240 e. The Bertz CT molecular complexity index is 678. The molecular weight excluding hydrogens is 262 g/mol. The van der Waals surface area contributed by atoms with Crippen molar-refractivity contribution in [2.45, 2.75) is 30.7 Å². The first-order valence-corrected chi connectivity index (χ1v) is 7.73. The second-order valence-corrected chi connectivity index (χ2v) is 6.41. The number of sulfonamides is 1. The number of hydrogen-bond acceptors (Lipinski definition) is 3. The van der Waals surface area contributed by atoms with Gasteiger partial charge < -0.3 is 4.98 Å². The molecule has 3 rings (SSSR count). The van der Waals surface area contributed by atoms with Gasteiger partial charge in [0.2, 0.25) is 10.0 Å². The number of rotatable bonds is 4. The average molecular weight is 277 g/mol. The summed E-state index contributed by atoms with van der Waals surface area (Å²) >= 11 is 0. The molecule has 1 aromatic carbocycles. The molecule has 1 aliphatic rings. The third kappa shape index (κ3) is 2.54. The van der Waals surface area contributed by atoms with Crippen molar-refractivity contribution in [2.75, 3.05) is 0 Å². The summed E-state index contributed by atoms with van der Waals surface area (Å²) in [5, 5.41) is 0. The van der Waals surface area contributed by atoms with Crippen LogP contribution in [0, 0.1) is 0 Å². The van der Waals surface area contributed by atoms with Gasteiger partial charge in [0.1, 0.15) is 5.82 Å². The fraction of sp³-hybridized carbons (Fsp3) is 0.308. The molecule has 0 fully saturated rings. The normalized spacial score (nSPS) is 14.5. The summed E-state index contributed by atoms with van der Waals surface area (Å²) in [6.07, 6.45) is 6.39. The monoisotopic (exact) mass is 277 g/mol. The van der Waals surface area contributed by atoms with Gasteiger partial charge in [-0.3, -0.25) is 0 Å². The highest BCUT2D eigenvalue weighted by Crippen LogP contribution is 2.24. The summed E-state index contributed by atoms with van der Waals surface area (Å²) < 4.78 is 26.9. The van der Waals surface area contributed by atoms with Gasteiger partial charge in [0.25, 0.3) is 0 Å². The molecule has 5 nitrogen and oxygen atoms in total. The Morgan fingerprint density at radius 2 is 2.11 bits per heavy atom. The second kappa shape index (κ2) is 4.79. The third-order valence-corrected chi connectivity index (χ3v) is 4.76. The molecule has 1 heterocycles. The van der Waals surface area contributed by atoms with Crippen LogP contribution in [0.4, 0.5) is 0 Å². The maximum absolute atomic E-state index is 12.2. The van der Waals surface area contributed by atoms with E-state index in [9.17, 15) is 8.42 Å². The van der Waals surface area contributed by atoms with Gasteiger partial charge >= 0.3 is 0 Å². The first kappa shape index (κ1) is 12.4. The van der Waals surface area contributed by atoms with E-state index in [-0.39, 0.29) is 6.54 Å². The fourth-order valence-corrected chi connectivity index (χ4v) is 3.39. The number of H-pyrrole nitrogens is 1. The molecule has 19 heavy (non-hydrogen) atoms. The zero-order valence-corrected chi connectivity index (χ0v) is 11.2. The number of benzene rings is 1. The van der Waals surface area contributed by atoms with Gasteiger partial charge in [-0.15, -0.1) is 0 Å². The van der Waals surface area contributed by atoms with Gasteiger partial charge in [-0.1, -0.05) is 6.07 Å². The van der Waals surface area contributed by atoms with E-state index in [1.807, 2.05) is 6.07 Å². The van der Waals surface area contributed by atoms with Crippen molar-refractivity contribution in [3.8, 4) is 0 Å². The summed E-state index contributed by atoms with van der Waals surface area (Å²) in [5.74, 6) is 0.602. The predicted molar refractivity (Wildman–Crippen MR) is 71.1 cm³/mol. The van der Waals surface area contributed by atoms with E-state index >= 15 is 0 Å². The highest BCUT2D eigenvalue weighted by Gasteiger charge is 2.18. The van der Waals surface area contributed by atoms with Crippen LogP contribution in [0.1, 0.15) is 23.4 Å². The van der Waals surface area contributed by atoms with Crippen LogP contribution in [0.3, 0.4) is 0 Å². The Hall–Kier alpha value is -1.66. The zero-order valence-electron chi connectivity index (χ0n) is 10.4. The molecule has 0 radical (unpaired) electrons. The number of nitrogens with zero attached hydrogens (tertiary/aromatic N) is 1. The molecule has 0 aliphatic heterocycles. The summed E-state index contributed by atoms with van der Waals surface area (Å²) in [6.45, 7) is 0.173. The minimum Gasteiger partial charge on any atom is -0.347 e. The van der Waals surface area contributed by atoms with Crippen molar-refractivity contribution in [3.63, 3.8) is 0 Å². The maximum atomic E-state index is 12.2.